The van der Waals surface area contributed by atoms with Gasteiger partial charge in [-0.3, -0.25) is 4.79 Å². The molecule has 0 aliphatic carbocycles. The second kappa shape index (κ2) is 8.67. The van der Waals surface area contributed by atoms with Crippen molar-refractivity contribution in [2.45, 2.75) is 52.4 Å². The van der Waals surface area contributed by atoms with Crippen LogP contribution in [-0.2, 0) is 20.2 Å². The van der Waals surface area contributed by atoms with Crippen molar-refractivity contribution in [1.82, 2.24) is 15.0 Å². The van der Waals surface area contributed by atoms with Crippen molar-refractivity contribution < 1.29 is 27.8 Å². The van der Waals surface area contributed by atoms with Gasteiger partial charge in [0.15, 0.2) is 11.5 Å². The number of rotatable bonds is 7. The number of nitrogens with one attached hydrogen (secondary N) is 2. The highest BCUT2D eigenvalue weighted by Gasteiger charge is 2.33. The van der Waals surface area contributed by atoms with E-state index in [1.807, 2.05) is 13.8 Å². The molecule has 2 N–H and O–H groups in total. The van der Waals surface area contributed by atoms with Crippen LogP contribution in [0.5, 0.6) is 5.75 Å². The largest absolute Gasteiger partial charge is 0.487 e. The molecule has 1 atom stereocenters. The molecule has 0 spiro atoms. The summed E-state index contributed by atoms with van der Waals surface area (Å²) >= 11 is 0. The molecule has 3 rings (SSSR count). The van der Waals surface area contributed by atoms with Crippen LogP contribution in [0, 0.1) is 6.92 Å². The summed E-state index contributed by atoms with van der Waals surface area (Å²) in [6, 6.07) is 3.04. The second-order valence-electron chi connectivity index (χ2n) is 7.74. The molecular formula is C20H25F2N5O4. The Morgan fingerprint density at radius 1 is 1.32 bits per heavy atom. The molecule has 2 aromatic rings. The zero-order valence-electron chi connectivity index (χ0n) is 18.0. The van der Waals surface area contributed by atoms with Gasteiger partial charge in [-0.25, -0.2) is 15.0 Å². The number of amides is 1. The Kier molecular flexibility index (Phi) is 6.37. The predicted molar refractivity (Wildman–Crippen MR) is 109 cm³/mol. The molecule has 0 aromatic carbocycles. The number of ether oxygens (including phenoxy) is 3. The van der Waals surface area contributed by atoms with Gasteiger partial charge >= 0.3 is 5.92 Å². The first-order valence-corrected chi connectivity index (χ1v) is 9.64. The van der Waals surface area contributed by atoms with Crippen molar-refractivity contribution in [1.29, 1.82) is 0 Å². The fourth-order valence-corrected chi connectivity index (χ4v) is 2.90. The van der Waals surface area contributed by atoms with Crippen LogP contribution >= 0.6 is 0 Å². The number of pyridine rings is 1. The van der Waals surface area contributed by atoms with Crippen LogP contribution in [0.1, 0.15) is 39.2 Å². The van der Waals surface area contributed by atoms with Gasteiger partial charge in [0.25, 0.3) is 0 Å². The third kappa shape index (κ3) is 6.28. The zero-order chi connectivity index (χ0) is 22.8. The number of nitrogens with zero attached hydrogens (tertiary/aromatic N) is 3. The summed E-state index contributed by atoms with van der Waals surface area (Å²) in [5.74, 6) is -4.07. The van der Waals surface area contributed by atoms with E-state index in [9.17, 15) is 13.6 Å². The van der Waals surface area contributed by atoms with Gasteiger partial charge in [-0.1, -0.05) is 0 Å². The molecule has 11 heteroatoms. The van der Waals surface area contributed by atoms with Crippen LogP contribution in [0.25, 0.3) is 0 Å². The number of aromatic nitrogens is 3. The van der Waals surface area contributed by atoms with Gasteiger partial charge in [-0.05, 0) is 20.8 Å². The lowest BCUT2D eigenvalue weighted by Crippen LogP contribution is -2.25. The van der Waals surface area contributed by atoms with Crippen molar-refractivity contribution in [2.75, 3.05) is 23.8 Å². The van der Waals surface area contributed by atoms with Crippen molar-refractivity contribution in [3.63, 3.8) is 0 Å². The molecule has 3 heterocycles. The third-order valence-electron chi connectivity index (χ3n) is 4.17. The Balaban J connectivity index is 1.86. The molecule has 1 saturated heterocycles. The molecule has 1 amide bonds. The van der Waals surface area contributed by atoms with Crippen molar-refractivity contribution in [2.24, 2.45) is 0 Å². The van der Waals surface area contributed by atoms with Crippen LogP contribution < -0.4 is 15.4 Å². The van der Waals surface area contributed by atoms with Gasteiger partial charge in [0, 0.05) is 31.7 Å². The number of hydrogen-bond donors (Lipinski definition) is 2. The first kappa shape index (κ1) is 22.8. The monoisotopic (exact) mass is 437 g/mol. The number of carbonyl (C=O) groups is 1. The van der Waals surface area contributed by atoms with Gasteiger partial charge in [0.2, 0.25) is 11.7 Å². The molecule has 9 nitrogen and oxygen atoms in total. The highest BCUT2D eigenvalue weighted by molar-refractivity contribution is 5.88. The molecule has 1 aliphatic heterocycles. The van der Waals surface area contributed by atoms with E-state index in [-0.39, 0.29) is 30.3 Å². The van der Waals surface area contributed by atoms with E-state index in [2.05, 4.69) is 25.6 Å². The van der Waals surface area contributed by atoms with E-state index in [1.54, 1.807) is 6.92 Å². The minimum absolute atomic E-state index is 0.149. The maximum atomic E-state index is 13.7. The fraction of sp³-hybridized carbons (Fsp3) is 0.500. The van der Waals surface area contributed by atoms with Gasteiger partial charge in [0.1, 0.15) is 24.3 Å². The topological polar surface area (TPSA) is 107 Å². The average molecular weight is 437 g/mol. The predicted octanol–water partition coefficient (Wildman–Crippen LogP) is 3.52. The van der Waals surface area contributed by atoms with E-state index in [0.717, 1.165) is 6.92 Å². The number of halogens is 2. The van der Waals surface area contributed by atoms with E-state index in [1.165, 1.54) is 25.3 Å². The summed E-state index contributed by atoms with van der Waals surface area (Å²) in [5.41, 5.74) is 0.742. The first-order valence-electron chi connectivity index (χ1n) is 9.64. The van der Waals surface area contributed by atoms with E-state index in [4.69, 9.17) is 14.2 Å². The Morgan fingerprint density at radius 2 is 2.06 bits per heavy atom. The lowest BCUT2D eigenvalue weighted by Gasteiger charge is -2.19. The molecule has 168 valence electrons. The molecule has 0 bridgehead atoms. The van der Waals surface area contributed by atoms with Crippen LogP contribution in [0.3, 0.4) is 0 Å². The summed E-state index contributed by atoms with van der Waals surface area (Å²) in [6.07, 6.45) is 1.13. The van der Waals surface area contributed by atoms with Gasteiger partial charge in [-0.2, -0.15) is 8.78 Å². The molecule has 0 saturated carbocycles. The Labute approximate surface area is 178 Å². The van der Waals surface area contributed by atoms with Crippen LogP contribution in [0.4, 0.5) is 26.1 Å². The summed E-state index contributed by atoms with van der Waals surface area (Å²) in [4.78, 5) is 23.2. The number of alkyl halides is 2. The molecular weight excluding hydrogens is 412 g/mol. The quantitative estimate of drug-likeness (QED) is 0.678. The standard InChI is InChI=1S/C20H25F2N5O4/c1-11-6-17(27-18(24-11)20(5,21)22)26-14-7-16(25-12(2)28)23-8-15(14)29-9-13-10-30-19(3,4)31-13/h6-8,13H,9-10H2,1-5H3,(H2,23,24,25,26,27,28)/t13-/m1/s1. The van der Waals surface area contributed by atoms with Gasteiger partial charge in [-0.15, -0.1) is 0 Å². The minimum Gasteiger partial charge on any atom is -0.487 e. The van der Waals surface area contributed by atoms with Gasteiger partial charge < -0.3 is 24.8 Å². The van der Waals surface area contributed by atoms with Crippen molar-refractivity contribution >= 4 is 23.2 Å². The Morgan fingerprint density at radius 3 is 2.68 bits per heavy atom. The average Bonchev–Trinajstić information content (AvgIpc) is 2.98. The maximum absolute atomic E-state index is 13.7. The van der Waals surface area contributed by atoms with Crippen molar-refractivity contribution in [3.05, 3.63) is 29.8 Å². The van der Waals surface area contributed by atoms with Gasteiger partial charge in [0.05, 0.1) is 18.5 Å². The minimum atomic E-state index is -3.20. The highest BCUT2D eigenvalue weighted by Crippen LogP contribution is 2.32. The van der Waals surface area contributed by atoms with Crippen molar-refractivity contribution in [3.8, 4) is 5.75 Å². The van der Waals surface area contributed by atoms with Crippen LogP contribution in [-0.4, -0.2) is 46.0 Å². The molecule has 2 aromatic heterocycles. The van der Waals surface area contributed by atoms with Crippen LogP contribution in [0.15, 0.2) is 18.3 Å². The normalized spacial score (nSPS) is 18.0. The second-order valence-corrected chi connectivity index (χ2v) is 7.74. The first-order chi connectivity index (χ1) is 14.4. The lowest BCUT2D eigenvalue weighted by molar-refractivity contribution is -0.141. The molecule has 0 radical (unpaired) electrons. The zero-order valence-corrected chi connectivity index (χ0v) is 18.0. The summed E-state index contributed by atoms with van der Waals surface area (Å²) < 4.78 is 44.6. The maximum Gasteiger partial charge on any atom is 0.303 e. The van der Waals surface area contributed by atoms with Crippen LogP contribution in [0.2, 0.25) is 0 Å². The highest BCUT2D eigenvalue weighted by atomic mass is 19.3. The summed E-state index contributed by atoms with van der Waals surface area (Å²) in [7, 11) is 0. The number of hydrogen-bond acceptors (Lipinski definition) is 8. The summed E-state index contributed by atoms with van der Waals surface area (Å²) in [5, 5.41) is 5.53. The molecule has 31 heavy (non-hydrogen) atoms. The lowest BCUT2D eigenvalue weighted by atomic mass is 10.3. The summed E-state index contributed by atoms with van der Waals surface area (Å²) in [6.45, 7) is 7.83. The number of carbonyl (C=O) groups excluding carboxylic acids is 1. The molecule has 1 aliphatic rings. The Hall–Kier alpha value is -2.92. The number of anilines is 3. The van der Waals surface area contributed by atoms with E-state index in [0.29, 0.717) is 23.7 Å². The molecule has 0 unspecified atom stereocenters. The smallest absolute Gasteiger partial charge is 0.303 e. The number of aryl methyl sites for hydroxylation is 1. The van der Waals surface area contributed by atoms with E-state index < -0.39 is 17.5 Å². The fourth-order valence-electron chi connectivity index (χ4n) is 2.90. The molecule has 1 fully saturated rings. The van der Waals surface area contributed by atoms with E-state index >= 15 is 0 Å². The third-order valence-corrected chi connectivity index (χ3v) is 4.17. The Bertz CT molecular complexity index is 965. The SMILES string of the molecule is CC(=O)Nc1cc(Nc2cc(C)nc(C(C)(F)F)n2)c(OC[C@@H]2COC(C)(C)O2)cn1.